The molecule has 1 amide bonds. The van der Waals surface area contributed by atoms with E-state index in [1.165, 1.54) is 11.0 Å². The molecule has 1 aliphatic heterocycles. The molecule has 0 saturated carbocycles. The number of carbonyl (C=O) groups is 1. The summed E-state index contributed by atoms with van der Waals surface area (Å²) >= 11 is 3.22. The van der Waals surface area contributed by atoms with Gasteiger partial charge in [0.2, 0.25) is 0 Å². The molecule has 1 aromatic carbocycles. The molecule has 0 aliphatic carbocycles. The van der Waals surface area contributed by atoms with Crippen LogP contribution in [0.25, 0.3) is 0 Å². The molecule has 1 atom stereocenters. The Kier molecular flexibility index (Phi) is 3.84. The topological polar surface area (TPSA) is 76.4 Å². The second kappa shape index (κ2) is 5.38. The van der Waals surface area contributed by atoms with E-state index in [0.29, 0.717) is 24.1 Å². The molecule has 1 saturated heterocycles. The van der Waals surface area contributed by atoms with Crippen LogP contribution in [0.3, 0.4) is 0 Å². The monoisotopic (exact) mass is 309 g/mol. The second-order valence-electron chi connectivity index (χ2n) is 4.01. The van der Waals surface area contributed by atoms with Gasteiger partial charge in [0.1, 0.15) is 11.8 Å². The lowest BCUT2D eigenvalue weighted by Gasteiger charge is -2.32. The minimum absolute atomic E-state index is 0.0791. The number of hydrogen-bond donors (Lipinski definition) is 2. The number of piperazine rings is 1. The number of nitrogens with one attached hydrogen (secondary N) is 1. The van der Waals surface area contributed by atoms with E-state index in [2.05, 4.69) is 27.3 Å². The lowest BCUT2D eigenvalue weighted by Crippen LogP contribution is -2.53. The van der Waals surface area contributed by atoms with E-state index in [0.717, 1.165) is 0 Å². The van der Waals surface area contributed by atoms with Gasteiger partial charge in [-0.05, 0) is 18.2 Å². The van der Waals surface area contributed by atoms with Gasteiger partial charge in [-0.1, -0.05) is 15.9 Å². The van der Waals surface area contributed by atoms with Gasteiger partial charge in [0.25, 0.3) is 5.91 Å². The quantitative estimate of drug-likeness (QED) is 0.814. The second-order valence-corrected chi connectivity index (χ2v) is 4.92. The molecule has 5 nitrogen and oxygen atoms in total. The van der Waals surface area contributed by atoms with Crippen LogP contribution in [0, 0.1) is 11.3 Å². The first-order valence-corrected chi connectivity index (χ1v) is 6.32. The molecule has 1 unspecified atom stereocenters. The third kappa shape index (κ3) is 2.47. The number of benzene rings is 1. The van der Waals surface area contributed by atoms with E-state index in [-0.39, 0.29) is 17.2 Å². The van der Waals surface area contributed by atoms with Crippen LogP contribution < -0.4 is 5.32 Å². The smallest absolute Gasteiger partial charge is 0.258 e. The number of amides is 1. The summed E-state index contributed by atoms with van der Waals surface area (Å²) in [6.45, 7) is 1.58. The maximum Gasteiger partial charge on any atom is 0.258 e. The maximum atomic E-state index is 12.3. The van der Waals surface area contributed by atoms with Gasteiger partial charge in [-0.15, -0.1) is 0 Å². The Morgan fingerprint density at radius 1 is 1.61 bits per heavy atom. The minimum atomic E-state index is -0.491. The van der Waals surface area contributed by atoms with Crippen LogP contribution in [0.1, 0.15) is 10.4 Å². The molecule has 0 aromatic heterocycles. The number of phenols is 1. The van der Waals surface area contributed by atoms with Crippen molar-refractivity contribution in [3.63, 3.8) is 0 Å². The van der Waals surface area contributed by atoms with Crippen LogP contribution >= 0.6 is 15.9 Å². The van der Waals surface area contributed by atoms with Gasteiger partial charge in [0.05, 0.1) is 11.6 Å². The number of hydrogen-bond acceptors (Lipinski definition) is 4. The predicted octanol–water partition coefficient (Wildman–Crippen LogP) is 1.09. The van der Waals surface area contributed by atoms with E-state index in [1.807, 2.05) is 0 Å². The Labute approximate surface area is 113 Å². The Morgan fingerprint density at radius 2 is 2.39 bits per heavy atom. The fourth-order valence-electron chi connectivity index (χ4n) is 1.90. The van der Waals surface area contributed by atoms with Crippen molar-refractivity contribution >= 4 is 21.8 Å². The zero-order chi connectivity index (χ0) is 13.1. The van der Waals surface area contributed by atoms with Gasteiger partial charge in [0.15, 0.2) is 0 Å². The highest BCUT2D eigenvalue weighted by Crippen LogP contribution is 2.24. The van der Waals surface area contributed by atoms with Gasteiger partial charge >= 0.3 is 0 Å². The SMILES string of the molecule is N#CC1CNCCN1C(=O)c1ccc(Br)cc1O. The Bertz CT molecular complexity index is 513. The van der Waals surface area contributed by atoms with E-state index in [9.17, 15) is 9.90 Å². The predicted molar refractivity (Wildman–Crippen MR) is 69.1 cm³/mol. The molecule has 1 heterocycles. The van der Waals surface area contributed by atoms with Crippen LogP contribution in [0.4, 0.5) is 0 Å². The summed E-state index contributed by atoms with van der Waals surface area (Å²) in [5, 5.41) is 21.9. The van der Waals surface area contributed by atoms with Gasteiger partial charge in [-0.2, -0.15) is 5.26 Å². The van der Waals surface area contributed by atoms with Crippen molar-refractivity contribution in [1.29, 1.82) is 5.26 Å². The Balaban J connectivity index is 2.27. The fourth-order valence-corrected chi connectivity index (χ4v) is 2.25. The molecule has 1 fully saturated rings. The number of aromatic hydroxyl groups is 1. The molecule has 1 aromatic rings. The normalized spacial score (nSPS) is 19.3. The zero-order valence-electron chi connectivity index (χ0n) is 9.56. The van der Waals surface area contributed by atoms with Crippen LogP contribution in [-0.4, -0.2) is 41.6 Å². The highest BCUT2D eigenvalue weighted by atomic mass is 79.9. The molecule has 2 rings (SSSR count). The number of nitrogens with zero attached hydrogens (tertiary/aromatic N) is 2. The van der Waals surface area contributed by atoms with E-state index < -0.39 is 6.04 Å². The van der Waals surface area contributed by atoms with Gasteiger partial charge in [-0.25, -0.2) is 0 Å². The van der Waals surface area contributed by atoms with Crippen molar-refractivity contribution in [3.8, 4) is 11.8 Å². The number of nitriles is 1. The van der Waals surface area contributed by atoms with E-state index >= 15 is 0 Å². The average Bonchev–Trinajstić information content (AvgIpc) is 2.38. The molecule has 18 heavy (non-hydrogen) atoms. The fraction of sp³-hybridized carbons (Fsp3) is 0.333. The van der Waals surface area contributed by atoms with E-state index in [1.54, 1.807) is 12.1 Å². The number of halogens is 1. The molecule has 2 N–H and O–H groups in total. The summed E-state index contributed by atoms with van der Waals surface area (Å²) in [6, 6.07) is 6.31. The molecular formula is C12H12BrN3O2. The summed E-state index contributed by atoms with van der Waals surface area (Å²) in [4.78, 5) is 13.8. The maximum absolute atomic E-state index is 12.3. The molecule has 0 radical (unpaired) electrons. The third-order valence-corrected chi connectivity index (χ3v) is 3.34. The van der Waals surface area contributed by atoms with Crippen LogP contribution in [0.15, 0.2) is 22.7 Å². The Hall–Kier alpha value is -1.58. The number of phenolic OH excluding ortho intramolecular Hbond substituents is 1. The first-order chi connectivity index (χ1) is 8.63. The zero-order valence-corrected chi connectivity index (χ0v) is 11.1. The molecule has 0 bridgehead atoms. The highest BCUT2D eigenvalue weighted by molar-refractivity contribution is 9.10. The minimum Gasteiger partial charge on any atom is -0.507 e. The molecule has 1 aliphatic rings. The van der Waals surface area contributed by atoms with Crippen LogP contribution in [-0.2, 0) is 0 Å². The lowest BCUT2D eigenvalue weighted by atomic mass is 10.1. The van der Waals surface area contributed by atoms with Crippen molar-refractivity contribution in [2.24, 2.45) is 0 Å². The average molecular weight is 310 g/mol. The number of carbonyl (C=O) groups excluding carboxylic acids is 1. The summed E-state index contributed by atoms with van der Waals surface area (Å²) in [5.41, 5.74) is 0.223. The van der Waals surface area contributed by atoms with Crippen molar-refractivity contribution in [3.05, 3.63) is 28.2 Å². The standard InChI is InChI=1S/C12H12BrN3O2/c13-8-1-2-10(11(17)5-8)12(18)16-4-3-15-7-9(16)6-14/h1-2,5,9,15,17H,3-4,7H2. The van der Waals surface area contributed by atoms with Crippen LogP contribution in [0.5, 0.6) is 5.75 Å². The van der Waals surface area contributed by atoms with E-state index in [4.69, 9.17) is 5.26 Å². The van der Waals surface area contributed by atoms with Gasteiger partial charge < -0.3 is 15.3 Å². The van der Waals surface area contributed by atoms with Crippen molar-refractivity contribution in [2.75, 3.05) is 19.6 Å². The first-order valence-electron chi connectivity index (χ1n) is 5.53. The summed E-state index contributed by atoms with van der Waals surface area (Å²) < 4.78 is 0.702. The van der Waals surface area contributed by atoms with Gasteiger partial charge in [0, 0.05) is 24.1 Å². The van der Waals surface area contributed by atoms with Crippen molar-refractivity contribution in [1.82, 2.24) is 10.2 Å². The lowest BCUT2D eigenvalue weighted by molar-refractivity contribution is 0.0684. The molecule has 0 spiro atoms. The van der Waals surface area contributed by atoms with Gasteiger partial charge in [-0.3, -0.25) is 4.79 Å². The Morgan fingerprint density at radius 3 is 3.06 bits per heavy atom. The summed E-state index contributed by atoms with van der Waals surface area (Å²) in [5.74, 6) is -0.391. The van der Waals surface area contributed by atoms with Crippen LogP contribution in [0.2, 0.25) is 0 Å². The molecule has 94 valence electrons. The third-order valence-electron chi connectivity index (χ3n) is 2.84. The largest absolute Gasteiger partial charge is 0.507 e. The van der Waals surface area contributed by atoms with Crippen molar-refractivity contribution < 1.29 is 9.90 Å². The summed E-state index contributed by atoms with van der Waals surface area (Å²) in [7, 11) is 0. The molecular weight excluding hydrogens is 298 g/mol. The highest BCUT2D eigenvalue weighted by Gasteiger charge is 2.28. The number of rotatable bonds is 1. The van der Waals surface area contributed by atoms with Crippen molar-refractivity contribution in [2.45, 2.75) is 6.04 Å². The summed E-state index contributed by atoms with van der Waals surface area (Å²) in [6.07, 6.45) is 0. The molecule has 6 heteroatoms. The first kappa shape index (κ1) is 12.9.